The summed E-state index contributed by atoms with van der Waals surface area (Å²) in [5, 5.41) is 1.48. The van der Waals surface area contributed by atoms with E-state index in [-0.39, 0.29) is 0 Å². The summed E-state index contributed by atoms with van der Waals surface area (Å²) in [7, 11) is 1.15. The van der Waals surface area contributed by atoms with Crippen LogP contribution in [-0.2, 0) is 0 Å². The Hall–Kier alpha value is -1.54. The van der Waals surface area contributed by atoms with Crippen molar-refractivity contribution in [2.45, 2.75) is 6.55 Å². The maximum Gasteiger partial charge on any atom is 0.168 e. The molecule has 0 aliphatic rings. The molecule has 0 radical (unpaired) electrons. The third kappa shape index (κ3) is 2.34. The Morgan fingerprint density at radius 3 is 1.88 bits per heavy atom. The minimum Gasteiger partial charge on any atom is -0.399 e. The fourth-order valence-corrected chi connectivity index (χ4v) is 3.69. The Bertz CT molecular complexity index is 384. The molecule has 0 saturated carbocycles. The van der Waals surface area contributed by atoms with Gasteiger partial charge < -0.3 is 4.57 Å². The van der Waals surface area contributed by atoms with Gasteiger partial charge in [-0.25, -0.2) is 0 Å². The van der Waals surface area contributed by atoms with Gasteiger partial charge in [-0.2, -0.15) is 0 Å². The van der Waals surface area contributed by atoms with Gasteiger partial charge in [0.2, 0.25) is 0 Å². The summed E-state index contributed by atoms with van der Waals surface area (Å²) in [6, 6.07) is 21.4. The smallest absolute Gasteiger partial charge is 0.168 e. The molecular formula is C14H17NSi. The van der Waals surface area contributed by atoms with Crippen molar-refractivity contribution in [3.63, 3.8) is 0 Å². The van der Waals surface area contributed by atoms with Crippen molar-refractivity contribution in [2.75, 3.05) is 11.6 Å². The van der Waals surface area contributed by atoms with Crippen LogP contribution in [-0.4, -0.2) is 16.0 Å². The molecule has 0 aromatic heterocycles. The minimum atomic E-state index is -1.05. The highest BCUT2D eigenvalue weighted by atomic mass is 28.3. The van der Waals surface area contributed by atoms with Crippen molar-refractivity contribution < 1.29 is 0 Å². The lowest BCUT2D eigenvalue weighted by atomic mass is 10.3. The maximum atomic E-state index is 2.43. The van der Waals surface area contributed by atoms with Gasteiger partial charge in [0.05, 0.1) is 0 Å². The predicted octanol–water partition coefficient (Wildman–Crippen LogP) is 2.38. The Kier molecular flexibility index (Phi) is 3.42. The molecule has 0 fully saturated rings. The normalized spacial score (nSPS) is 12.1. The van der Waals surface area contributed by atoms with Crippen LogP contribution in [0, 0.1) is 0 Å². The standard InChI is InChI=1S/C14H17NSi/c1-15(13-9-5-3-6-10-13)16(2)14-11-7-4-8-12-14/h3-12,16H,1-2H3. The predicted molar refractivity (Wildman–Crippen MR) is 73.9 cm³/mol. The molecule has 0 spiro atoms. The molecule has 82 valence electrons. The van der Waals surface area contributed by atoms with E-state index in [1.165, 1.54) is 10.9 Å². The second-order valence-electron chi connectivity index (χ2n) is 4.03. The third-order valence-electron chi connectivity index (χ3n) is 3.03. The molecule has 0 heterocycles. The highest BCUT2D eigenvalue weighted by Gasteiger charge is 2.13. The van der Waals surface area contributed by atoms with Gasteiger partial charge >= 0.3 is 0 Å². The van der Waals surface area contributed by atoms with Crippen LogP contribution in [0.25, 0.3) is 0 Å². The van der Waals surface area contributed by atoms with Gasteiger partial charge in [0.25, 0.3) is 0 Å². The van der Waals surface area contributed by atoms with E-state index >= 15 is 0 Å². The van der Waals surface area contributed by atoms with Crippen LogP contribution in [0.1, 0.15) is 0 Å². The number of hydrogen-bond donors (Lipinski definition) is 0. The molecule has 2 aromatic carbocycles. The zero-order chi connectivity index (χ0) is 11.4. The van der Waals surface area contributed by atoms with Gasteiger partial charge in [-0.15, -0.1) is 0 Å². The molecule has 1 nitrogen and oxygen atoms in total. The fourth-order valence-electron chi connectivity index (χ4n) is 1.84. The van der Waals surface area contributed by atoms with Gasteiger partial charge in [0.1, 0.15) is 0 Å². The first kappa shape index (κ1) is 11.0. The van der Waals surface area contributed by atoms with Gasteiger partial charge in [-0.3, -0.25) is 0 Å². The van der Waals surface area contributed by atoms with Crippen molar-refractivity contribution in [1.29, 1.82) is 0 Å². The Morgan fingerprint density at radius 2 is 1.31 bits per heavy atom. The summed E-state index contributed by atoms with van der Waals surface area (Å²) < 4.78 is 2.43. The molecule has 0 amide bonds. The lowest BCUT2D eigenvalue weighted by Crippen LogP contribution is -2.43. The van der Waals surface area contributed by atoms with E-state index in [2.05, 4.69) is 78.8 Å². The van der Waals surface area contributed by atoms with E-state index in [1.54, 1.807) is 0 Å². The molecule has 0 aliphatic carbocycles. The Balaban J connectivity index is 2.20. The van der Waals surface area contributed by atoms with Crippen LogP contribution in [0.2, 0.25) is 6.55 Å². The molecule has 16 heavy (non-hydrogen) atoms. The maximum absolute atomic E-state index is 2.43. The van der Waals surface area contributed by atoms with Gasteiger partial charge in [-0.05, 0) is 24.4 Å². The lowest BCUT2D eigenvalue weighted by Gasteiger charge is -2.26. The largest absolute Gasteiger partial charge is 0.399 e. The quantitative estimate of drug-likeness (QED) is 0.728. The van der Waals surface area contributed by atoms with Gasteiger partial charge in [0, 0.05) is 5.69 Å². The molecular weight excluding hydrogens is 210 g/mol. The van der Waals surface area contributed by atoms with Crippen LogP contribution < -0.4 is 9.75 Å². The Labute approximate surface area is 99.0 Å². The summed E-state index contributed by atoms with van der Waals surface area (Å²) >= 11 is 0. The van der Waals surface area contributed by atoms with E-state index in [0.29, 0.717) is 0 Å². The average Bonchev–Trinajstić information content (AvgIpc) is 2.39. The van der Waals surface area contributed by atoms with E-state index in [9.17, 15) is 0 Å². The van der Waals surface area contributed by atoms with Crippen LogP contribution in [0.3, 0.4) is 0 Å². The van der Waals surface area contributed by atoms with Crippen molar-refractivity contribution in [1.82, 2.24) is 0 Å². The average molecular weight is 227 g/mol. The van der Waals surface area contributed by atoms with Crippen molar-refractivity contribution in [3.05, 3.63) is 60.7 Å². The van der Waals surface area contributed by atoms with Crippen molar-refractivity contribution in [3.8, 4) is 0 Å². The summed E-state index contributed by atoms with van der Waals surface area (Å²) in [5.41, 5.74) is 1.31. The first-order valence-electron chi connectivity index (χ1n) is 5.62. The third-order valence-corrected chi connectivity index (χ3v) is 5.84. The zero-order valence-electron chi connectivity index (χ0n) is 9.80. The SMILES string of the molecule is CN(c1ccccc1)[SiH](C)c1ccccc1. The van der Waals surface area contributed by atoms with Crippen molar-refractivity contribution in [2.24, 2.45) is 0 Å². The number of hydrogen-bond acceptors (Lipinski definition) is 1. The molecule has 2 heteroatoms. The zero-order valence-corrected chi connectivity index (χ0v) is 11.0. The van der Waals surface area contributed by atoms with Crippen molar-refractivity contribution >= 4 is 19.8 Å². The topological polar surface area (TPSA) is 3.24 Å². The minimum absolute atomic E-state index is 1.05. The van der Waals surface area contributed by atoms with E-state index < -0.39 is 8.96 Å². The molecule has 2 rings (SSSR count). The second kappa shape index (κ2) is 4.99. The summed E-state index contributed by atoms with van der Waals surface area (Å²) in [6.07, 6.45) is 0. The highest BCUT2D eigenvalue weighted by Crippen LogP contribution is 2.12. The first-order chi connectivity index (χ1) is 7.79. The first-order valence-corrected chi connectivity index (χ1v) is 7.86. The van der Waals surface area contributed by atoms with Crippen LogP contribution in [0.15, 0.2) is 60.7 Å². The summed E-state index contributed by atoms with van der Waals surface area (Å²) in [5.74, 6) is 0. The molecule has 2 aromatic rings. The second-order valence-corrected chi connectivity index (χ2v) is 6.83. The summed E-state index contributed by atoms with van der Waals surface area (Å²) in [4.78, 5) is 0. The molecule has 0 aliphatic heterocycles. The number of benzene rings is 2. The number of rotatable bonds is 3. The van der Waals surface area contributed by atoms with Gasteiger partial charge in [-0.1, -0.05) is 55.1 Å². The fraction of sp³-hybridized carbons (Fsp3) is 0.143. The van der Waals surface area contributed by atoms with E-state index in [0.717, 1.165) is 0 Å². The number of anilines is 1. The lowest BCUT2D eigenvalue weighted by molar-refractivity contribution is 1.30. The number of para-hydroxylation sites is 1. The van der Waals surface area contributed by atoms with Crippen LogP contribution in [0.4, 0.5) is 5.69 Å². The van der Waals surface area contributed by atoms with Crippen LogP contribution >= 0.6 is 0 Å². The highest BCUT2D eigenvalue weighted by molar-refractivity contribution is 6.75. The Morgan fingerprint density at radius 1 is 0.812 bits per heavy atom. The molecule has 1 unspecified atom stereocenters. The van der Waals surface area contributed by atoms with Crippen LogP contribution in [0.5, 0.6) is 0 Å². The monoisotopic (exact) mass is 227 g/mol. The van der Waals surface area contributed by atoms with E-state index in [1.807, 2.05) is 0 Å². The van der Waals surface area contributed by atoms with Gasteiger partial charge in [0.15, 0.2) is 8.96 Å². The van der Waals surface area contributed by atoms with E-state index in [4.69, 9.17) is 0 Å². The summed E-state index contributed by atoms with van der Waals surface area (Å²) in [6.45, 7) is 2.36. The number of nitrogens with zero attached hydrogens (tertiary/aromatic N) is 1. The molecule has 0 bridgehead atoms. The molecule has 0 N–H and O–H groups in total. The molecule has 1 atom stereocenters. The molecule has 0 saturated heterocycles.